The molecule has 0 spiro atoms. The average Bonchev–Trinajstić information content (AvgIpc) is 2.78. The van der Waals surface area contributed by atoms with Gasteiger partial charge in [-0.2, -0.15) is 0 Å². The van der Waals surface area contributed by atoms with E-state index in [1.165, 1.54) is 0 Å². The Morgan fingerprint density at radius 1 is 1.10 bits per heavy atom. The molecule has 1 N–H and O–H groups in total. The second-order valence-corrected chi connectivity index (χ2v) is 6.94. The first-order valence-corrected chi connectivity index (χ1v) is 9.98. The number of carbonyl (C=O) groups is 2. The molecule has 29 heavy (non-hydrogen) atoms. The molecular weight excluding hydrogens is 370 g/mol. The maximum Gasteiger partial charge on any atom is 0.260 e. The second kappa shape index (κ2) is 10.5. The van der Waals surface area contributed by atoms with Gasteiger partial charge in [0.1, 0.15) is 0 Å². The lowest BCUT2D eigenvalue weighted by Crippen LogP contribution is -2.43. The van der Waals surface area contributed by atoms with Crippen LogP contribution in [-0.2, 0) is 4.79 Å². The summed E-state index contributed by atoms with van der Waals surface area (Å²) in [6, 6.07) is 10.8. The van der Waals surface area contributed by atoms with E-state index in [0.717, 1.165) is 12.8 Å². The number of aromatic nitrogens is 1. The zero-order chi connectivity index (χ0) is 20.5. The smallest absolute Gasteiger partial charge is 0.260 e. The van der Waals surface area contributed by atoms with Crippen LogP contribution in [0.1, 0.15) is 30.1 Å². The number of hydrogen-bond acceptors (Lipinski definition) is 5. The van der Waals surface area contributed by atoms with Crippen molar-refractivity contribution in [2.24, 2.45) is 5.92 Å². The fraction of sp³-hybridized carbons (Fsp3) is 0.409. The molecule has 1 aromatic carbocycles. The highest BCUT2D eigenvalue weighted by Gasteiger charge is 2.23. The van der Waals surface area contributed by atoms with Crippen molar-refractivity contribution in [3.8, 4) is 11.5 Å². The monoisotopic (exact) mass is 397 g/mol. The molecule has 1 aliphatic rings. The fourth-order valence-electron chi connectivity index (χ4n) is 3.30. The Labute approximate surface area is 171 Å². The SMILES string of the molecule is CCOc1ccccc1OCC(=O)N1CCC(CNC(=O)c2cccnc2)CC1. The van der Waals surface area contributed by atoms with Crippen molar-refractivity contribution in [1.29, 1.82) is 0 Å². The topological polar surface area (TPSA) is 80.8 Å². The minimum Gasteiger partial charge on any atom is -0.490 e. The van der Waals surface area contributed by atoms with Crippen molar-refractivity contribution in [3.05, 3.63) is 54.4 Å². The molecule has 0 bridgehead atoms. The van der Waals surface area contributed by atoms with Gasteiger partial charge >= 0.3 is 0 Å². The number of benzene rings is 1. The summed E-state index contributed by atoms with van der Waals surface area (Å²) < 4.78 is 11.2. The largest absolute Gasteiger partial charge is 0.490 e. The summed E-state index contributed by atoms with van der Waals surface area (Å²) in [6.07, 6.45) is 4.91. The molecule has 7 nitrogen and oxygen atoms in total. The van der Waals surface area contributed by atoms with E-state index < -0.39 is 0 Å². The molecule has 7 heteroatoms. The van der Waals surface area contributed by atoms with E-state index in [1.54, 1.807) is 30.6 Å². The quantitative estimate of drug-likeness (QED) is 0.740. The Balaban J connectivity index is 1.40. The summed E-state index contributed by atoms with van der Waals surface area (Å²) in [4.78, 5) is 30.4. The number of nitrogens with zero attached hydrogens (tertiary/aromatic N) is 2. The van der Waals surface area contributed by atoms with Gasteiger partial charge < -0.3 is 19.7 Å². The lowest BCUT2D eigenvalue weighted by atomic mass is 9.96. The molecule has 2 amide bonds. The molecule has 1 saturated heterocycles. The maximum atomic E-state index is 12.5. The van der Waals surface area contributed by atoms with Gasteiger partial charge in [-0.1, -0.05) is 12.1 Å². The van der Waals surface area contributed by atoms with E-state index in [1.807, 2.05) is 30.0 Å². The molecule has 1 fully saturated rings. The minimum absolute atomic E-state index is 0.00744. The predicted octanol–water partition coefficient (Wildman–Crippen LogP) is 2.53. The Bertz CT molecular complexity index is 805. The lowest BCUT2D eigenvalue weighted by molar-refractivity contribution is -0.134. The van der Waals surface area contributed by atoms with Gasteiger partial charge in [0.25, 0.3) is 11.8 Å². The molecule has 2 heterocycles. The third-order valence-corrected chi connectivity index (χ3v) is 4.94. The van der Waals surface area contributed by atoms with Crippen LogP contribution in [0.2, 0.25) is 0 Å². The van der Waals surface area contributed by atoms with Gasteiger partial charge in [-0.05, 0) is 49.9 Å². The van der Waals surface area contributed by atoms with Crippen LogP contribution in [0, 0.1) is 5.92 Å². The highest BCUT2D eigenvalue weighted by molar-refractivity contribution is 5.93. The van der Waals surface area contributed by atoms with Crippen LogP contribution in [0.5, 0.6) is 11.5 Å². The van der Waals surface area contributed by atoms with Gasteiger partial charge in [0, 0.05) is 32.0 Å². The zero-order valence-electron chi connectivity index (χ0n) is 16.7. The number of carbonyl (C=O) groups excluding carboxylic acids is 2. The number of hydrogen-bond donors (Lipinski definition) is 1. The molecule has 0 radical (unpaired) electrons. The van der Waals surface area contributed by atoms with Gasteiger partial charge in [-0.15, -0.1) is 0 Å². The number of ether oxygens (including phenoxy) is 2. The molecule has 1 aromatic heterocycles. The van der Waals surface area contributed by atoms with Gasteiger partial charge in [-0.25, -0.2) is 0 Å². The van der Waals surface area contributed by atoms with Crippen LogP contribution in [0.3, 0.4) is 0 Å². The van der Waals surface area contributed by atoms with Gasteiger partial charge in [0.2, 0.25) is 0 Å². The van der Waals surface area contributed by atoms with Gasteiger partial charge in [0.05, 0.1) is 12.2 Å². The number of likely N-dealkylation sites (tertiary alicyclic amines) is 1. The van der Waals surface area contributed by atoms with Gasteiger partial charge in [-0.3, -0.25) is 14.6 Å². The minimum atomic E-state index is -0.113. The summed E-state index contributed by atoms with van der Waals surface area (Å²) in [5, 5.41) is 2.96. The fourth-order valence-corrected chi connectivity index (χ4v) is 3.30. The van der Waals surface area contributed by atoms with Crippen LogP contribution in [0.4, 0.5) is 0 Å². The number of pyridine rings is 1. The third kappa shape index (κ3) is 5.94. The number of piperidine rings is 1. The van der Waals surface area contributed by atoms with Crippen LogP contribution in [-0.4, -0.2) is 54.5 Å². The van der Waals surface area contributed by atoms with E-state index >= 15 is 0 Å². The second-order valence-electron chi connectivity index (χ2n) is 6.94. The van der Waals surface area contributed by atoms with E-state index in [0.29, 0.717) is 49.2 Å². The molecule has 2 aromatic rings. The summed E-state index contributed by atoms with van der Waals surface area (Å²) in [5.41, 5.74) is 0.560. The molecular formula is C22H27N3O4. The Kier molecular flexibility index (Phi) is 7.44. The number of rotatable bonds is 8. The molecule has 0 unspecified atom stereocenters. The molecule has 3 rings (SSSR count). The summed E-state index contributed by atoms with van der Waals surface area (Å²) in [6.45, 7) is 4.39. The van der Waals surface area contributed by atoms with Gasteiger partial charge in [0.15, 0.2) is 18.1 Å². The van der Waals surface area contributed by atoms with Crippen LogP contribution in [0.25, 0.3) is 0 Å². The lowest BCUT2D eigenvalue weighted by Gasteiger charge is -2.32. The van der Waals surface area contributed by atoms with Crippen molar-refractivity contribution < 1.29 is 19.1 Å². The van der Waals surface area contributed by atoms with Crippen LogP contribution in [0.15, 0.2) is 48.8 Å². The highest BCUT2D eigenvalue weighted by atomic mass is 16.5. The normalized spacial score (nSPS) is 14.3. The Morgan fingerprint density at radius 2 is 1.83 bits per heavy atom. The summed E-state index contributed by atoms with van der Waals surface area (Å²) in [5.74, 6) is 1.44. The molecule has 154 valence electrons. The number of para-hydroxylation sites is 2. The zero-order valence-corrected chi connectivity index (χ0v) is 16.7. The highest BCUT2D eigenvalue weighted by Crippen LogP contribution is 2.26. The third-order valence-electron chi connectivity index (χ3n) is 4.94. The first-order valence-electron chi connectivity index (χ1n) is 9.98. The number of nitrogens with one attached hydrogen (secondary N) is 1. The first kappa shape index (κ1) is 20.6. The van der Waals surface area contributed by atoms with Crippen molar-refractivity contribution in [2.75, 3.05) is 32.8 Å². The average molecular weight is 397 g/mol. The number of amides is 2. The van der Waals surface area contributed by atoms with E-state index in [-0.39, 0.29) is 18.4 Å². The van der Waals surface area contributed by atoms with Crippen LogP contribution < -0.4 is 14.8 Å². The molecule has 1 aliphatic heterocycles. The van der Waals surface area contributed by atoms with E-state index in [2.05, 4.69) is 10.3 Å². The van der Waals surface area contributed by atoms with Crippen molar-refractivity contribution >= 4 is 11.8 Å². The maximum absolute atomic E-state index is 12.5. The van der Waals surface area contributed by atoms with E-state index in [4.69, 9.17) is 9.47 Å². The molecule has 0 atom stereocenters. The standard InChI is InChI=1S/C22H27N3O4/c1-2-28-19-7-3-4-8-20(19)29-16-21(26)25-12-9-17(10-13-25)14-24-22(27)18-6-5-11-23-15-18/h3-8,11,15,17H,2,9-10,12-14,16H2,1H3,(H,24,27). The molecule has 0 saturated carbocycles. The Hall–Kier alpha value is -3.09. The van der Waals surface area contributed by atoms with Crippen LogP contribution >= 0.6 is 0 Å². The van der Waals surface area contributed by atoms with Crippen molar-refractivity contribution in [1.82, 2.24) is 15.2 Å². The summed E-state index contributed by atoms with van der Waals surface area (Å²) in [7, 11) is 0. The van der Waals surface area contributed by atoms with Crippen molar-refractivity contribution in [3.63, 3.8) is 0 Å². The predicted molar refractivity (Wildman–Crippen MR) is 109 cm³/mol. The first-order chi connectivity index (χ1) is 14.2. The van der Waals surface area contributed by atoms with Crippen molar-refractivity contribution in [2.45, 2.75) is 19.8 Å². The summed E-state index contributed by atoms with van der Waals surface area (Å²) >= 11 is 0. The molecule has 0 aliphatic carbocycles. The van der Waals surface area contributed by atoms with E-state index in [9.17, 15) is 9.59 Å². The Morgan fingerprint density at radius 3 is 2.48 bits per heavy atom.